The first-order chi connectivity index (χ1) is 16.4. The van der Waals surface area contributed by atoms with Gasteiger partial charge in [0.25, 0.3) is 17.4 Å². The van der Waals surface area contributed by atoms with Gasteiger partial charge >= 0.3 is 0 Å². The first kappa shape index (κ1) is 22.5. The van der Waals surface area contributed by atoms with Gasteiger partial charge in [-0.1, -0.05) is 18.2 Å². The van der Waals surface area contributed by atoms with Gasteiger partial charge in [-0.3, -0.25) is 24.6 Å². The van der Waals surface area contributed by atoms with Crippen LogP contribution in [0.25, 0.3) is 5.76 Å². The van der Waals surface area contributed by atoms with Gasteiger partial charge in [-0.2, -0.15) is 0 Å². The fourth-order valence-corrected chi connectivity index (χ4v) is 3.92. The quantitative estimate of drug-likeness (QED) is 0.192. The fourth-order valence-electron chi connectivity index (χ4n) is 3.92. The molecule has 0 bridgehead atoms. The highest BCUT2D eigenvalue weighted by atomic mass is 16.6. The second-order valence-corrected chi connectivity index (χ2v) is 7.42. The van der Waals surface area contributed by atoms with Crippen molar-refractivity contribution in [1.82, 2.24) is 0 Å². The number of methoxy groups -OCH3 is 2. The average Bonchev–Trinajstić information content (AvgIpc) is 3.13. The van der Waals surface area contributed by atoms with E-state index in [9.17, 15) is 24.8 Å². The Kier molecular flexibility index (Phi) is 6.01. The Hall–Kier alpha value is -4.66. The Morgan fingerprint density at radius 2 is 1.65 bits per heavy atom. The van der Waals surface area contributed by atoms with Crippen LogP contribution in [-0.2, 0) is 9.59 Å². The summed E-state index contributed by atoms with van der Waals surface area (Å²) in [5.74, 6) is -1.30. The summed E-state index contributed by atoms with van der Waals surface area (Å²) in [5, 5.41) is 22.1. The van der Waals surface area contributed by atoms with E-state index in [1.165, 1.54) is 43.4 Å². The van der Waals surface area contributed by atoms with Crippen LogP contribution in [0.15, 0.2) is 78.4 Å². The van der Waals surface area contributed by atoms with Gasteiger partial charge in [0.1, 0.15) is 17.3 Å². The Bertz CT molecular complexity index is 1300. The van der Waals surface area contributed by atoms with Gasteiger partial charge in [0.15, 0.2) is 0 Å². The Morgan fingerprint density at radius 3 is 2.24 bits per heavy atom. The number of hydrogen-bond acceptors (Lipinski definition) is 7. The SMILES string of the molecule is COc1ccc(C2/C(=C(/O)c3ccc([N+](=O)[O-])cc3)C(=O)C(=O)N2c2ccccc2)c(OC)c1. The predicted molar refractivity (Wildman–Crippen MR) is 124 cm³/mol. The topological polar surface area (TPSA) is 119 Å². The maximum atomic E-state index is 13.2. The number of Topliss-reactive ketones (excluding diaryl/α,β-unsaturated/α-hetero) is 1. The van der Waals surface area contributed by atoms with E-state index in [0.29, 0.717) is 22.7 Å². The number of hydrogen-bond donors (Lipinski definition) is 1. The van der Waals surface area contributed by atoms with Crippen LogP contribution in [0, 0.1) is 10.1 Å². The lowest BCUT2D eigenvalue weighted by molar-refractivity contribution is -0.384. The van der Waals surface area contributed by atoms with Crippen molar-refractivity contribution in [3.8, 4) is 11.5 Å². The van der Waals surface area contributed by atoms with Crippen molar-refractivity contribution in [2.75, 3.05) is 19.1 Å². The highest BCUT2D eigenvalue weighted by Crippen LogP contribution is 2.45. The minimum Gasteiger partial charge on any atom is -0.507 e. The van der Waals surface area contributed by atoms with E-state index >= 15 is 0 Å². The Balaban J connectivity index is 1.96. The standard InChI is InChI=1S/C25H20N2O7/c1-33-18-12-13-19(20(14-18)34-2)22-21(23(28)15-8-10-17(11-9-15)27(31)32)24(29)25(30)26(22)16-6-4-3-5-7-16/h3-14,22,28H,1-2H3/b23-21-. The van der Waals surface area contributed by atoms with Crippen LogP contribution in [0.3, 0.4) is 0 Å². The van der Waals surface area contributed by atoms with Crippen LogP contribution < -0.4 is 14.4 Å². The normalized spacial score (nSPS) is 17.0. The van der Waals surface area contributed by atoms with E-state index in [0.717, 1.165) is 0 Å². The maximum absolute atomic E-state index is 13.2. The molecule has 3 aromatic rings. The molecule has 1 amide bonds. The first-order valence-electron chi connectivity index (χ1n) is 10.2. The third kappa shape index (κ3) is 3.83. The smallest absolute Gasteiger partial charge is 0.300 e. The van der Waals surface area contributed by atoms with Crippen LogP contribution in [0.1, 0.15) is 17.2 Å². The third-order valence-electron chi connectivity index (χ3n) is 5.57. The Labute approximate surface area is 194 Å². The molecule has 1 unspecified atom stereocenters. The van der Waals surface area contributed by atoms with Crippen molar-refractivity contribution in [3.63, 3.8) is 0 Å². The van der Waals surface area contributed by atoms with Crippen molar-refractivity contribution < 1.29 is 29.1 Å². The molecule has 172 valence electrons. The zero-order chi connectivity index (χ0) is 24.4. The van der Waals surface area contributed by atoms with Crippen molar-refractivity contribution in [1.29, 1.82) is 0 Å². The molecule has 9 nitrogen and oxygen atoms in total. The van der Waals surface area contributed by atoms with Crippen LogP contribution in [0.4, 0.5) is 11.4 Å². The molecule has 9 heteroatoms. The molecular weight excluding hydrogens is 440 g/mol. The second kappa shape index (κ2) is 9.07. The molecule has 34 heavy (non-hydrogen) atoms. The number of amides is 1. The third-order valence-corrected chi connectivity index (χ3v) is 5.57. The number of nitro benzene ring substituents is 1. The van der Waals surface area contributed by atoms with E-state index in [1.807, 2.05) is 0 Å². The number of nitrogens with zero attached hydrogens (tertiary/aromatic N) is 2. The largest absolute Gasteiger partial charge is 0.507 e. The molecular formula is C25H20N2O7. The van der Waals surface area contributed by atoms with Crippen LogP contribution in [0.5, 0.6) is 11.5 Å². The summed E-state index contributed by atoms with van der Waals surface area (Å²) in [5.41, 5.74) is 0.736. The number of carbonyl (C=O) groups excluding carboxylic acids is 2. The van der Waals surface area contributed by atoms with E-state index < -0.39 is 28.4 Å². The van der Waals surface area contributed by atoms with Crippen molar-refractivity contribution in [2.24, 2.45) is 0 Å². The lowest BCUT2D eigenvalue weighted by atomic mass is 9.94. The van der Waals surface area contributed by atoms with Crippen LogP contribution in [0.2, 0.25) is 0 Å². The predicted octanol–water partition coefficient (Wildman–Crippen LogP) is 4.24. The molecule has 1 saturated heterocycles. The maximum Gasteiger partial charge on any atom is 0.300 e. The number of para-hydroxylation sites is 1. The average molecular weight is 460 g/mol. The van der Waals surface area contributed by atoms with Gasteiger partial charge in [-0.25, -0.2) is 0 Å². The van der Waals surface area contributed by atoms with Crippen molar-refractivity contribution in [2.45, 2.75) is 6.04 Å². The van der Waals surface area contributed by atoms with E-state index in [-0.39, 0.29) is 16.8 Å². The second-order valence-electron chi connectivity index (χ2n) is 7.42. The number of aliphatic hydroxyl groups excluding tert-OH is 1. The van der Waals surface area contributed by atoms with E-state index in [4.69, 9.17) is 9.47 Å². The molecule has 4 rings (SSSR count). The molecule has 0 aromatic heterocycles. The van der Waals surface area contributed by atoms with Gasteiger partial charge in [0.2, 0.25) is 0 Å². The first-order valence-corrected chi connectivity index (χ1v) is 10.2. The number of carbonyl (C=O) groups is 2. The summed E-state index contributed by atoms with van der Waals surface area (Å²) >= 11 is 0. The molecule has 1 aliphatic rings. The summed E-state index contributed by atoms with van der Waals surface area (Å²) < 4.78 is 10.8. The summed E-state index contributed by atoms with van der Waals surface area (Å²) in [6.07, 6.45) is 0. The zero-order valence-corrected chi connectivity index (χ0v) is 18.3. The lowest BCUT2D eigenvalue weighted by Gasteiger charge is -2.26. The molecule has 0 radical (unpaired) electrons. The summed E-state index contributed by atoms with van der Waals surface area (Å²) in [6, 6.07) is 17.6. The molecule has 1 aliphatic heterocycles. The van der Waals surface area contributed by atoms with Gasteiger partial charge in [0.05, 0.1) is 30.8 Å². The highest BCUT2D eigenvalue weighted by Gasteiger charge is 2.48. The molecule has 0 spiro atoms. The van der Waals surface area contributed by atoms with Gasteiger partial charge in [0, 0.05) is 35.0 Å². The highest BCUT2D eigenvalue weighted by molar-refractivity contribution is 6.51. The van der Waals surface area contributed by atoms with Gasteiger partial charge < -0.3 is 14.6 Å². The number of ketones is 1. The molecule has 0 saturated carbocycles. The number of non-ortho nitro benzene ring substituents is 1. The zero-order valence-electron chi connectivity index (χ0n) is 18.3. The lowest BCUT2D eigenvalue weighted by Crippen LogP contribution is -2.29. The number of aliphatic hydroxyl groups is 1. The minimum atomic E-state index is -1.02. The fraction of sp³-hybridized carbons (Fsp3) is 0.120. The van der Waals surface area contributed by atoms with E-state index in [2.05, 4.69) is 0 Å². The summed E-state index contributed by atoms with van der Waals surface area (Å²) in [7, 11) is 2.95. The van der Waals surface area contributed by atoms with Gasteiger partial charge in [-0.05, 0) is 36.4 Å². The van der Waals surface area contributed by atoms with Crippen molar-refractivity contribution >= 4 is 28.8 Å². The number of benzene rings is 3. The summed E-state index contributed by atoms with van der Waals surface area (Å²) in [4.78, 5) is 38.1. The monoisotopic (exact) mass is 460 g/mol. The summed E-state index contributed by atoms with van der Waals surface area (Å²) in [6.45, 7) is 0. The molecule has 0 aliphatic carbocycles. The molecule has 1 N–H and O–H groups in total. The number of ether oxygens (including phenoxy) is 2. The molecule has 1 heterocycles. The number of rotatable bonds is 6. The van der Waals surface area contributed by atoms with Crippen LogP contribution >= 0.6 is 0 Å². The van der Waals surface area contributed by atoms with Gasteiger partial charge in [-0.15, -0.1) is 0 Å². The number of nitro groups is 1. The number of anilines is 1. The molecule has 1 atom stereocenters. The minimum absolute atomic E-state index is 0.161. The molecule has 1 fully saturated rings. The molecule has 3 aromatic carbocycles. The van der Waals surface area contributed by atoms with Crippen molar-refractivity contribution in [3.05, 3.63) is 99.6 Å². The van der Waals surface area contributed by atoms with Crippen LogP contribution in [-0.4, -0.2) is 35.9 Å². The van der Waals surface area contributed by atoms with E-state index in [1.54, 1.807) is 48.5 Å². The Morgan fingerprint density at radius 1 is 0.971 bits per heavy atom.